The van der Waals surface area contributed by atoms with Gasteiger partial charge in [0.2, 0.25) is 0 Å². The summed E-state index contributed by atoms with van der Waals surface area (Å²) in [6, 6.07) is 6.13. The molecule has 4 rings (SSSR count). The SMILES string of the molecule is CCOC(=O)C(C)(C)n1c(Cc2ccc([N+](=O)[O-])cc2)nc2sc3c(c2c1=O)CCC3. The molecule has 0 saturated carbocycles. The van der Waals surface area contributed by atoms with Crippen molar-refractivity contribution in [2.24, 2.45) is 0 Å². The Morgan fingerprint density at radius 1 is 1.29 bits per heavy atom. The molecule has 3 aromatic rings. The summed E-state index contributed by atoms with van der Waals surface area (Å²) in [5.74, 6) is -0.0700. The number of hydrogen-bond acceptors (Lipinski definition) is 7. The van der Waals surface area contributed by atoms with Crippen molar-refractivity contribution in [2.75, 3.05) is 6.61 Å². The predicted octanol–water partition coefficient (Wildman–Crippen LogP) is 3.74. The van der Waals surface area contributed by atoms with E-state index in [4.69, 9.17) is 9.72 Å². The number of non-ortho nitro benzene ring substituents is 1. The van der Waals surface area contributed by atoms with Crippen LogP contribution >= 0.6 is 11.3 Å². The predicted molar refractivity (Wildman–Crippen MR) is 118 cm³/mol. The highest BCUT2D eigenvalue weighted by Crippen LogP contribution is 2.35. The Hall–Kier alpha value is -3.07. The molecule has 0 aliphatic heterocycles. The van der Waals surface area contributed by atoms with E-state index in [0.717, 1.165) is 30.4 Å². The van der Waals surface area contributed by atoms with E-state index in [-0.39, 0.29) is 24.3 Å². The molecule has 2 heterocycles. The van der Waals surface area contributed by atoms with Gasteiger partial charge in [-0.3, -0.25) is 19.5 Å². The van der Waals surface area contributed by atoms with Gasteiger partial charge in [-0.15, -0.1) is 11.3 Å². The van der Waals surface area contributed by atoms with Crippen LogP contribution in [0.15, 0.2) is 29.1 Å². The van der Waals surface area contributed by atoms with Gasteiger partial charge in [-0.05, 0) is 51.2 Å². The van der Waals surface area contributed by atoms with Crippen molar-refractivity contribution in [2.45, 2.75) is 52.0 Å². The van der Waals surface area contributed by atoms with Crippen LogP contribution in [0.2, 0.25) is 0 Å². The third kappa shape index (κ3) is 3.63. The van der Waals surface area contributed by atoms with Gasteiger partial charge in [0.05, 0.1) is 16.9 Å². The molecule has 0 saturated heterocycles. The van der Waals surface area contributed by atoms with Crippen molar-refractivity contribution in [1.29, 1.82) is 0 Å². The lowest BCUT2D eigenvalue weighted by Crippen LogP contribution is -2.46. The van der Waals surface area contributed by atoms with Gasteiger partial charge < -0.3 is 4.74 Å². The van der Waals surface area contributed by atoms with Crippen LogP contribution in [0.25, 0.3) is 10.2 Å². The van der Waals surface area contributed by atoms with Gasteiger partial charge in [0.25, 0.3) is 11.2 Å². The first-order chi connectivity index (χ1) is 14.7. The highest BCUT2D eigenvalue weighted by atomic mass is 32.1. The quantitative estimate of drug-likeness (QED) is 0.328. The summed E-state index contributed by atoms with van der Waals surface area (Å²) in [7, 11) is 0. The van der Waals surface area contributed by atoms with Gasteiger partial charge in [-0.1, -0.05) is 12.1 Å². The molecule has 1 aliphatic carbocycles. The lowest BCUT2D eigenvalue weighted by atomic mass is 10.0. The maximum absolute atomic E-state index is 13.7. The third-order valence-corrected chi connectivity index (χ3v) is 6.84. The Labute approximate surface area is 182 Å². The van der Waals surface area contributed by atoms with E-state index in [1.165, 1.54) is 32.9 Å². The molecular weight excluding hydrogens is 418 g/mol. The number of rotatable bonds is 6. The fourth-order valence-corrected chi connectivity index (χ4v) is 5.37. The summed E-state index contributed by atoms with van der Waals surface area (Å²) < 4.78 is 6.70. The number of thiophene rings is 1. The number of fused-ring (bicyclic) bond motifs is 3. The number of carbonyl (C=O) groups is 1. The maximum atomic E-state index is 13.7. The molecule has 0 N–H and O–H groups in total. The lowest BCUT2D eigenvalue weighted by molar-refractivity contribution is -0.384. The molecule has 0 amide bonds. The molecule has 0 fully saturated rings. The molecule has 0 radical (unpaired) electrons. The highest BCUT2D eigenvalue weighted by Gasteiger charge is 2.36. The summed E-state index contributed by atoms with van der Waals surface area (Å²) in [6.07, 6.45) is 3.06. The molecule has 9 heteroatoms. The maximum Gasteiger partial charge on any atom is 0.331 e. The number of nitro benzene ring substituents is 1. The van der Waals surface area contributed by atoms with Gasteiger partial charge in [0.15, 0.2) is 0 Å². The number of hydrogen-bond donors (Lipinski definition) is 0. The van der Waals surface area contributed by atoms with E-state index in [1.807, 2.05) is 0 Å². The van der Waals surface area contributed by atoms with E-state index in [0.29, 0.717) is 16.0 Å². The summed E-state index contributed by atoms with van der Waals surface area (Å²) in [6.45, 7) is 5.25. The van der Waals surface area contributed by atoms with E-state index in [1.54, 1.807) is 32.9 Å². The summed E-state index contributed by atoms with van der Waals surface area (Å²) in [4.78, 5) is 43.6. The molecule has 31 heavy (non-hydrogen) atoms. The van der Waals surface area contributed by atoms with Crippen molar-refractivity contribution in [3.05, 3.63) is 66.6 Å². The molecule has 0 spiro atoms. The topological polar surface area (TPSA) is 104 Å². The first kappa shape index (κ1) is 21.2. The van der Waals surface area contributed by atoms with Gasteiger partial charge >= 0.3 is 5.97 Å². The molecular formula is C22H23N3O5S. The van der Waals surface area contributed by atoms with Crippen LogP contribution in [-0.2, 0) is 34.3 Å². The van der Waals surface area contributed by atoms with Gasteiger partial charge in [0.1, 0.15) is 16.2 Å². The number of nitrogens with zero attached hydrogens (tertiary/aromatic N) is 3. The van der Waals surface area contributed by atoms with Crippen LogP contribution in [0.4, 0.5) is 5.69 Å². The number of aryl methyl sites for hydroxylation is 2. The fourth-order valence-electron chi connectivity index (χ4n) is 4.10. The molecule has 0 atom stereocenters. The van der Waals surface area contributed by atoms with Crippen LogP contribution in [0.5, 0.6) is 0 Å². The minimum atomic E-state index is -1.25. The third-order valence-electron chi connectivity index (χ3n) is 5.65. The van der Waals surface area contributed by atoms with Crippen LogP contribution in [-0.4, -0.2) is 27.1 Å². The number of carbonyl (C=O) groups excluding carboxylic acids is 1. The Bertz CT molecular complexity index is 1240. The van der Waals surface area contributed by atoms with Crippen molar-refractivity contribution >= 4 is 33.2 Å². The zero-order valence-electron chi connectivity index (χ0n) is 17.6. The van der Waals surface area contributed by atoms with Gasteiger partial charge in [0, 0.05) is 23.4 Å². The largest absolute Gasteiger partial charge is 0.464 e. The number of aromatic nitrogens is 2. The van der Waals surface area contributed by atoms with E-state index >= 15 is 0 Å². The number of benzene rings is 1. The Morgan fingerprint density at radius 2 is 2.00 bits per heavy atom. The van der Waals surface area contributed by atoms with E-state index in [2.05, 4.69) is 0 Å². The van der Waals surface area contributed by atoms with Crippen LogP contribution < -0.4 is 5.56 Å². The number of esters is 1. The normalized spacial score (nSPS) is 13.4. The van der Waals surface area contributed by atoms with Crippen molar-refractivity contribution in [3.63, 3.8) is 0 Å². The molecule has 1 aliphatic rings. The second-order valence-electron chi connectivity index (χ2n) is 8.09. The Morgan fingerprint density at radius 3 is 2.65 bits per heavy atom. The fraction of sp³-hybridized carbons (Fsp3) is 0.409. The minimum Gasteiger partial charge on any atom is -0.464 e. The summed E-state index contributed by atoms with van der Waals surface area (Å²) in [5.41, 5.74) is 0.310. The zero-order valence-corrected chi connectivity index (χ0v) is 18.5. The molecule has 0 unspecified atom stereocenters. The standard InChI is InChI=1S/C22H23N3O5S/c1-4-30-21(27)22(2,3)24-17(12-13-8-10-14(11-9-13)25(28)29)23-19-18(20(24)26)15-6-5-7-16(15)31-19/h8-11H,4-7,12H2,1-3H3. The number of ether oxygens (including phenoxy) is 1. The monoisotopic (exact) mass is 441 g/mol. The molecule has 162 valence electrons. The average Bonchev–Trinajstić information content (AvgIpc) is 3.29. The molecule has 0 bridgehead atoms. The van der Waals surface area contributed by atoms with E-state index in [9.17, 15) is 19.7 Å². The first-order valence-corrected chi connectivity index (χ1v) is 11.0. The second-order valence-corrected chi connectivity index (χ2v) is 9.17. The van der Waals surface area contributed by atoms with Crippen molar-refractivity contribution in [3.8, 4) is 0 Å². The van der Waals surface area contributed by atoms with Gasteiger partial charge in [-0.25, -0.2) is 9.78 Å². The minimum absolute atomic E-state index is 0.00825. The van der Waals surface area contributed by atoms with Crippen LogP contribution in [0.1, 0.15) is 49.0 Å². The lowest BCUT2D eigenvalue weighted by Gasteiger charge is -2.27. The van der Waals surface area contributed by atoms with E-state index < -0.39 is 16.4 Å². The molecule has 1 aromatic carbocycles. The summed E-state index contributed by atoms with van der Waals surface area (Å²) in [5, 5.41) is 11.5. The first-order valence-electron chi connectivity index (χ1n) is 10.2. The van der Waals surface area contributed by atoms with Crippen molar-refractivity contribution in [1.82, 2.24) is 9.55 Å². The molecule has 2 aromatic heterocycles. The van der Waals surface area contributed by atoms with Crippen molar-refractivity contribution < 1.29 is 14.5 Å². The number of nitro groups is 1. The zero-order chi connectivity index (χ0) is 22.3. The summed E-state index contributed by atoms with van der Waals surface area (Å²) >= 11 is 1.54. The smallest absolute Gasteiger partial charge is 0.331 e. The van der Waals surface area contributed by atoms with Crippen LogP contribution in [0, 0.1) is 10.1 Å². The van der Waals surface area contributed by atoms with Gasteiger partial charge in [-0.2, -0.15) is 0 Å². The average molecular weight is 442 g/mol. The van der Waals surface area contributed by atoms with Crippen LogP contribution in [0.3, 0.4) is 0 Å². The Kier molecular flexibility index (Phi) is 5.38. The Balaban J connectivity index is 1.89. The molecule has 8 nitrogen and oxygen atoms in total. The highest BCUT2D eigenvalue weighted by molar-refractivity contribution is 7.18. The second kappa shape index (κ2) is 7.88.